The molecule has 2 N–H and O–H groups in total. The van der Waals surface area contributed by atoms with E-state index in [1.54, 1.807) is 0 Å². The van der Waals surface area contributed by atoms with Gasteiger partial charge in [0.2, 0.25) is 0 Å². The highest BCUT2D eigenvalue weighted by Crippen LogP contribution is 2.23. The molecular formula is C18H21NO3S. The average molecular weight is 331 g/mol. The van der Waals surface area contributed by atoms with Gasteiger partial charge in [-0.1, -0.05) is 43.7 Å². The number of carboxylic acid groups (broad SMARTS) is 1. The second-order valence-electron chi connectivity index (χ2n) is 5.50. The normalized spacial score (nSPS) is 11.9. The zero-order valence-electron chi connectivity index (χ0n) is 13.3. The van der Waals surface area contributed by atoms with Crippen LogP contribution in [-0.4, -0.2) is 23.0 Å². The summed E-state index contributed by atoms with van der Waals surface area (Å²) in [6.45, 7) is 4.09. The fourth-order valence-corrected chi connectivity index (χ4v) is 3.40. The molecule has 0 aliphatic heterocycles. The monoisotopic (exact) mass is 331 g/mol. The van der Waals surface area contributed by atoms with E-state index in [9.17, 15) is 14.7 Å². The number of carboxylic acids is 1. The van der Waals surface area contributed by atoms with E-state index in [4.69, 9.17) is 0 Å². The van der Waals surface area contributed by atoms with Gasteiger partial charge in [-0.2, -0.15) is 0 Å². The predicted molar refractivity (Wildman–Crippen MR) is 92.1 cm³/mol. The molecule has 1 heterocycles. The number of aryl methyl sites for hydroxylation is 2. The van der Waals surface area contributed by atoms with Gasteiger partial charge in [0, 0.05) is 11.3 Å². The molecule has 1 aromatic heterocycles. The van der Waals surface area contributed by atoms with Gasteiger partial charge in [-0.3, -0.25) is 4.79 Å². The molecule has 1 aromatic carbocycles. The summed E-state index contributed by atoms with van der Waals surface area (Å²) >= 11 is 1.42. The first-order valence-electron chi connectivity index (χ1n) is 7.68. The summed E-state index contributed by atoms with van der Waals surface area (Å²) in [4.78, 5) is 25.5. The van der Waals surface area contributed by atoms with Crippen molar-refractivity contribution in [3.63, 3.8) is 0 Å². The zero-order chi connectivity index (χ0) is 16.8. The average Bonchev–Trinajstić information content (AvgIpc) is 2.89. The lowest BCUT2D eigenvalue weighted by atomic mass is 10.1. The number of carbonyl (C=O) groups is 2. The Morgan fingerprint density at radius 3 is 2.57 bits per heavy atom. The van der Waals surface area contributed by atoms with E-state index in [0.717, 1.165) is 28.8 Å². The highest BCUT2D eigenvalue weighted by molar-refractivity contribution is 7.14. The van der Waals surface area contributed by atoms with Gasteiger partial charge in [0.25, 0.3) is 5.91 Å². The predicted octanol–water partition coefficient (Wildman–Crippen LogP) is 3.43. The number of hydrogen-bond donors (Lipinski definition) is 2. The van der Waals surface area contributed by atoms with Gasteiger partial charge in [-0.25, -0.2) is 4.79 Å². The van der Waals surface area contributed by atoms with Crippen LogP contribution in [0.1, 0.15) is 39.0 Å². The Bertz CT molecular complexity index is 679. The Balaban J connectivity index is 2.09. The topological polar surface area (TPSA) is 66.4 Å². The Hall–Kier alpha value is -2.14. The first-order valence-corrected chi connectivity index (χ1v) is 8.49. The van der Waals surface area contributed by atoms with Crippen LogP contribution in [0.4, 0.5) is 0 Å². The Morgan fingerprint density at radius 2 is 1.96 bits per heavy atom. The lowest BCUT2D eigenvalue weighted by molar-refractivity contribution is -0.139. The first-order chi connectivity index (χ1) is 11.0. The fourth-order valence-electron chi connectivity index (χ4n) is 2.43. The maximum atomic E-state index is 12.4. The van der Waals surface area contributed by atoms with E-state index in [-0.39, 0.29) is 12.3 Å². The van der Waals surface area contributed by atoms with Gasteiger partial charge in [0.1, 0.15) is 6.04 Å². The third-order valence-corrected chi connectivity index (χ3v) is 4.74. The van der Waals surface area contributed by atoms with E-state index >= 15 is 0 Å². The Morgan fingerprint density at radius 1 is 1.26 bits per heavy atom. The number of benzene rings is 1. The quantitative estimate of drug-likeness (QED) is 0.817. The van der Waals surface area contributed by atoms with Crippen LogP contribution in [0.3, 0.4) is 0 Å². The van der Waals surface area contributed by atoms with Gasteiger partial charge >= 0.3 is 5.97 Å². The molecule has 1 amide bonds. The summed E-state index contributed by atoms with van der Waals surface area (Å²) in [5.74, 6) is -1.34. The number of thiophene rings is 1. The van der Waals surface area contributed by atoms with Crippen LogP contribution in [0.5, 0.6) is 0 Å². The van der Waals surface area contributed by atoms with Crippen LogP contribution >= 0.6 is 11.3 Å². The van der Waals surface area contributed by atoms with Crippen molar-refractivity contribution in [3.05, 3.63) is 57.3 Å². The summed E-state index contributed by atoms with van der Waals surface area (Å²) in [5, 5.41) is 12.0. The van der Waals surface area contributed by atoms with E-state index < -0.39 is 12.0 Å². The number of rotatable bonds is 7. The van der Waals surface area contributed by atoms with Crippen molar-refractivity contribution in [2.45, 2.75) is 39.2 Å². The van der Waals surface area contributed by atoms with E-state index in [2.05, 4.69) is 12.2 Å². The smallest absolute Gasteiger partial charge is 0.326 e. The van der Waals surface area contributed by atoms with Crippen molar-refractivity contribution in [3.8, 4) is 0 Å². The van der Waals surface area contributed by atoms with Crippen molar-refractivity contribution in [1.82, 2.24) is 5.32 Å². The van der Waals surface area contributed by atoms with Crippen LogP contribution in [0.25, 0.3) is 0 Å². The molecule has 2 aromatic rings. The lowest BCUT2D eigenvalue weighted by Gasteiger charge is -2.14. The van der Waals surface area contributed by atoms with Gasteiger partial charge in [0.05, 0.1) is 4.88 Å². The van der Waals surface area contributed by atoms with Crippen molar-refractivity contribution in [2.24, 2.45) is 0 Å². The van der Waals surface area contributed by atoms with Gasteiger partial charge in [-0.05, 0) is 30.5 Å². The van der Waals surface area contributed by atoms with Crippen molar-refractivity contribution in [2.75, 3.05) is 0 Å². The minimum atomic E-state index is -1.02. The Kier molecular flexibility index (Phi) is 5.93. The summed E-state index contributed by atoms with van der Waals surface area (Å²) in [5.41, 5.74) is 2.05. The highest BCUT2D eigenvalue weighted by Gasteiger charge is 2.22. The van der Waals surface area contributed by atoms with Crippen LogP contribution in [-0.2, 0) is 17.6 Å². The molecule has 0 aliphatic rings. The van der Waals surface area contributed by atoms with E-state index in [0.29, 0.717) is 4.88 Å². The molecule has 0 spiro atoms. The summed E-state index contributed by atoms with van der Waals surface area (Å²) in [7, 11) is 0. The molecule has 4 nitrogen and oxygen atoms in total. The molecule has 23 heavy (non-hydrogen) atoms. The summed E-state index contributed by atoms with van der Waals surface area (Å²) < 4.78 is 0. The molecule has 0 radical (unpaired) electrons. The van der Waals surface area contributed by atoms with E-state index in [1.165, 1.54) is 11.3 Å². The third kappa shape index (κ3) is 4.66. The molecule has 0 aliphatic carbocycles. The van der Waals surface area contributed by atoms with Gasteiger partial charge in [-0.15, -0.1) is 11.3 Å². The second-order valence-corrected chi connectivity index (χ2v) is 6.75. The molecule has 5 heteroatoms. The zero-order valence-corrected chi connectivity index (χ0v) is 14.2. The molecule has 0 saturated heterocycles. The number of aliphatic carboxylic acids is 1. The first kappa shape index (κ1) is 17.2. The van der Waals surface area contributed by atoms with Crippen molar-refractivity contribution in [1.29, 1.82) is 0 Å². The highest BCUT2D eigenvalue weighted by atomic mass is 32.1. The number of carbonyl (C=O) groups excluding carboxylic acids is 1. The maximum Gasteiger partial charge on any atom is 0.326 e. The van der Waals surface area contributed by atoms with Crippen LogP contribution in [0.2, 0.25) is 0 Å². The van der Waals surface area contributed by atoms with Crippen molar-refractivity contribution < 1.29 is 14.7 Å². The molecular weight excluding hydrogens is 310 g/mol. The van der Waals surface area contributed by atoms with E-state index in [1.807, 2.05) is 43.3 Å². The van der Waals surface area contributed by atoms with Crippen LogP contribution in [0.15, 0.2) is 36.4 Å². The van der Waals surface area contributed by atoms with Crippen LogP contribution < -0.4 is 5.32 Å². The van der Waals surface area contributed by atoms with Crippen molar-refractivity contribution >= 4 is 23.2 Å². The minimum Gasteiger partial charge on any atom is -0.480 e. The lowest BCUT2D eigenvalue weighted by Crippen LogP contribution is -2.42. The molecule has 0 unspecified atom stereocenters. The molecule has 0 fully saturated rings. The maximum absolute atomic E-state index is 12.4. The largest absolute Gasteiger partial charge is 0.480 e. The standard InChI is InChI=1S/C18H21NO3S/c1-3-7-14-11-16(23-12(14)2)17(20)19-15(18(21)22)10-13-8-5-4-6-9-13/h4-6,8-9,11,15H,3,7,10H2,1-2H3,(H,19,20)(H,21,22)/t15-/m0/s1. The Labute approximate surface area is 140 Å². The number of nitrogens with one attached hydrogen (secondary N) is 1. The SMILES string of the molecule is CCCc1cc(C(=O)N[C@@H](Cc2ccccc2)C(=O)O)sc1C. The minimum absolute atomic E-state index is 0.272. The summed E-state index contributed by atoms with van der Waals surface area (Å²) in [6, 6.07) is 10.3. The third-order valence-electron chi connectivity index (χ3n) is 3.65. The summed E-state index contributed by atoms with van der Waals surface area (Å²) in [6.07, 6.45) is 2.22. The molecule has 0 bridgehead atoms. The van der Waals surface area contributed by atoms with Gasteiger partial charge in [0.15, 0.2) is 0 Å². The molecule has 122 valence electrons. The number of amides is 1. The molecule has 2 rings (SSSR count). The second kappa shape index (κ2) is 7.92. The fraction of sp³-hybridized carbons (Fsp3) is 0.333. The molecule has 1 atom stereocenters. The molecule has 0 saturated carbocycles. The van der Waals surface area contributed by atoms with Crippen LogP contribution in [0, 0.1) is 6.92 Å². The van der Waals surface area contributed by atoms with Gasteiger partial charge < -0.3 is 10.4 Å². The number of hydrogen-bond acceptors (Lipinski definition) is 3.